The summed E-state index contributed by atoms with van der Waals surface area (Å²) in [5.41, 5.74) is 5.13. The zero-order valence-corrected chi connectivity index (χ0v) is 18.4. The molecule has 4 atom stereocenters. The second-order valence-electron chi connectivity index (χ2n) is 7.79. The Hall–Kier alpha value is -3.05. The maximum Gasteiger partial charge on any atom is 0.283 e. The summed E-state index contributed by atoms with van der Waals surface area (Å²) in [7, 11) is 0. The summed E-state index contributed by atoms with van der Waals surface area (Å²) in [6, 6.07) is 4.52. The molecule has 2 aliphatic rings. The van der Waals surface area contributed by atoms with Crippen LogP contribution in [0.2, 0.25) is 5.02 Å². The Morgan fingerprint density at radius 1 is 1.36 bits per heavy atom. The highest BCUT2D eigenvalue weighted by atomic mass is 35.5. The van der Waals surface area contributed by atoms with Crippen molar-refractivity contribution in [3.63, 3.8) is 0 Å². The summed E-state index contributed by atoms with van der Waals surface area (Å²) >= 11 is 6.47. The first-order valence-electron chi connectivity index (χ1n) is 10.2. The van der Waals surface area contributed by atoms with Crippen LogP contribution in [0.5, 0.6) is 5.88 Å². The van der Waals surface area contributed by atoms with E-state index in [1.807, 2.05) is 6.92 Å². The molecule has 1 fully saturated rings. The molecule has 2 aliphatic heterocycles. The summed E-state index contributed by atoms with van der Waals surface area (Å²) in [5.74, 6) is -1.11. The van der Waals surface area contributed by atoms with Gasteiger partial charge in [-0.2, -0.15) is 0 Å². The Morgan fingerprint density at radius 3 is 2.88 bits per heavy atom. The molecule has 0 spiro atoms. The number of aliphatic imine (C=N–C) groups is 1. The first-order chi connectivity index (χ1) is 15.9. The molecule has 0 aliphatic carbocycles. The first-order valence-corrected chi connectivity index (χ1v) is 10.6. The average molecular weight is 482 g/mol. The van der Waals surface area contributed by atoms with Gasteiger partial charge in [0.25, 0.3) is 11.9 Å². The van der Waals surface area contributed by atoms with Gasteiger partial charge in [-0.3, -0.25) is 4.79 Å². The second kappa shape index (κ2) is 9.44. The molecule has 4 rings (SSSR count). The number of halogens is 3. The summed E-state index contributed by atoms with van der Waals surface area (Å²) in [6.07, 6.45) is 2.34. The Bertz CT molecular complexity index is 1060. The van der Waals surface area contributed by atoms with E-state index in [2.05, 4.69) is 25.0 Å². The van der Waals surface area contributed by atoms with Crippen molar-refractivity contribution in [1.82, 2.24) is 9.97 Å². The van der Waals surface area contributed by atoms with Gasteiger partial charge >= 0.3 is 0 Å². The van der Waals surface area contributed by atoms with E-state index >= 15 is 0 Å². The van der Waals surface area contributed by atoms with Gasteiger partial charge in [-0.15, -0.1) is 0 Å². The van der Waals surface area contributed by atoms with Gasteiger partial charge in [0, 0.05) is 22.7 Å². The highest BCUT2D eigenvalue weighted by molar-refractivity contribution is 6.31. The monoisotopic (exact) mass is 481 g/mol. The van der Waals surface area contributed by atoms with E-state index in [-0.39, 0.29) is 35.3 Å². The van der Waals surface area contributed by atoms with E-state index < -0.39 is 37.0 Å². The number of amidine groups is 1. The van der Waals surface area contributed by atoms with E-state index in [0.717, 1.165) is 12.4 Å². The van der Waals surface area contributed by atoms with Gasteiger partial charge in [-0.05, 0) is 25.1 Å². The van der Waals surface area contributed by atoms with Crippen LogP contribution in [0.4, 0.5) is 14.5 Å². The lowest BCUT2D eigenvalue weighted by molar-refractivity contribution is -0.109. The average Bonchev–Trinajstić information content (AvgIpc) is 2.80. The van der Waals surface area contributed by atoms with Crippen molar-refractivity contribution in [1.29, 1.82) is 0 Å². The molecule has 0 unspecified atom stereocenters. The molecular weight excluding hydrogens is 460 g/mol. The number of hydrogen-bond donors (Lipinski definition) is 2. The standard InChI is InChI=1S/C21H22ClF2N5O4/c1-11-4-17-14(8-31-11)21(9-23,29-20(25)33-17)13-5-12(2-3-15(13)22)28-19(30)16-6-27-18(7-26-16)32-10-24/h2-3,5-7,11,14,17H,4,8-10H2,1H3,(H2,25,29)(H,28,30)/t11-,14+,17-,21-/m1/s1. The second-order valence-corrected chi connectivity index (χ2v) is 8.20. The number of ether oxygens (including phenoxy) is 3. The summed E-state index contributed by atoms with van der Waals surface area (Å²) in [5, 5.41) is 2.93. The van der Waals surface area contributed by atoms with Gasteiger partial charge in [0.1, 0.15) is 24.0 Å². The Morgan fingerprint density at radius 2 is 2.18 bits per heavy atom. The van der Waals surface area contributed by atoms with E-state index in [1.165, 1.54) is 6.07 Å². The van der Waals surface area contributed by atoms with E-state index in [9.17, 15) is 13.6 Å². The number of carbonyl (C=O) groups is 1. The minimum Gasteiger partial charge on any atom is -0.462 e. The van der Waals surface area contributed by atoms with Crippen LogP contribution >= 0.6 is 11.6 Å². The van der Waals surface area contributed by atoms with Crippen LogP contribution in [0.15, 0.2) is 35.6 Å². The molecule has 0 bridgehead atoms. The van der Waals surface area contributed by atoms with Gasteiger partial charge in [-0.25, -0.2) is 23.7 Å². The molecule has 2 aromatic rings. The largest absolute Gasteiger partial charge is 0.462 e. The normalized spacial score (nSPS) is 26.5. The quantitative estimate of drug-likeness (QED) is 0.650. The number of nitrogens with zero attached hydrogens (tertiary/aromatic N) is 3. The van der Waals surface area contributed by atoms with Crippen LogP contribution in [0.25, 0.3) is 0 Å². The van der Waals surface area contributed by atoms with Gasteiger partial charge in [0.15, 0.2) is 0 Å². The van der Waals surface area contributed by atoms with Crippen LogP contribution in [0.1, 0.15) is 29.4 Å². The van der Waals surface area contributed by atoms with Gasteiger partial charge in [0.05, 0.1) is 31.0 Å². The molecule has 1 saturated heterocycles. The van der Waals surface area contributed by atoms with Crippen LogP contribution in [0, 0.1) is 5.92 Å². The Balaban J connectivity index is 1.64. The number of carbonyl (C=O) groups excluding carboxylic acids is 1. The van der Waals surface area contributed by atoms with E-state index in [0.29, 0.717) is 17.7 Å². The van der Waals surface area contributed by atoms with Crippen molar-refractivity contribution in [3.05, 3.63) is 46.9 Å². The summed E-state index contributed by atoms with van der Waals surface area (Å²) in [4.78, 5) is 24.6. The predicted octanol–water partition coefficient (Wildman–Crippen LogP) is 2.99. The number of rotatable bonds is 6. The lowest BCUT2D eigenvalue weighted by atomic mass is 9.73. The summed E-state index contributed by atoms with van der Waals surface area (Å²) in [6.45, 7) is 0.159. The van der Waals surface area contributed by atoms with Crippen LogP contribution < -0.4 is 15.8 Å². The van der Waals surface area contributed by atoms with Crippen LogP contribution in [-0.4, -0.2) is 54.2 Å². The first kappa shape index (κ1) is 23.1. The molecule has 0 radical (unpaired) electrons. The molecule has 3 N–H and O–H groups in total. The number of fused-ring (bicyclic) bond motifs is 1. The fourth-order valence-electron chi connectivity index (χ4n) is 4.13. The van der Waals surface area contributed by atoms with Crippen molar-refractivity contribution >= 4 is 29.2 Å². The topological polar surface area (TPSA) is 121 Å². The highest BCUT2D eigenvalue weighted by Crippen LogP contribution is 2.46. The number of anilines is 1. The molecule has 33 heavy (non-hydrogen) atoms. The fourth-order valence-corrected chi connectivity index (χ4v) is 4.41. The van der Waals surface area contributed by atoms with E-state index in [1.54, 1.807) is 12.1 Å². The highest BCUT2D eigenvalue weighted by Gasteiger charge is 2.52. The van der Waals surface area contributed by atoms with Gasteiger partial charge < -0.3 is 25.3 Å². The van der Waals surface area contributed by atoms with Crippen molar-refractivity contribution in [3.8, 4) is 5.88 Å². The Labute approximate surface area is 193 Å². The number of nitrogens with one attached hydrogen (secondary N) is 1. The summed E-state index contributed by atoms with van der Waals surface area (Å²) < 4.78 is 43.0. The molecular formula is C21H22ClF2N5O4. The number of amides is 1. The minimum atomic E-state index is -1.43. The SMILES string of the molecule is C[C@@H]1C[C@H]2OC(N)=N[C@](CF)(c3cc(NC(=O)c4cnc(OCF)cn4)ccc3Cl)[C@H]2CO1. The zero-order valence-electron chi connectivity index (χ0n) is 17.6. The maximum atomic E-state index is 14.7. The van der Waals surface area contributed by atoms with Crippen molar-refractivity contribution < 1.29 is 27.8 Å². The third-order valence-corrected chi connectivity index (χ3v) is 6.06. The number of hydrogen-bond acceptors (Lipinski definition) is 8. The number of aromatic nitrogens is 2. The van der Waals surface area contributed by atoms with Crippen molar-refractivity contribution in [2.45, 2.75) is 31.1 Å². The molecule has 9 nitrogen and oxygen atoms in total. The molecule has 1 aromatic carbocycles. The lowest BCUT2D eigenvalue weighted by Gasteiger charge is -2.47. The number of benzene rings is 1. The van der Waals surface area contributed by atoms with Gasteiger partial charge in [-0.1, -0.05) is 11.6 Å². The number of alkyl halides is 2. The molecule has 1 aromatic heterocycles. The predicted molar refractivity (Wildman–Crippen MR) is 116 cm³/mol. The van der Waals surface area contributed by atoms with Crippen molar-refractivity contribution in [2.75, 3.05) is 25.5 Å². The Kier molecular flexibility index (Phi) is 6.61. The van der Waals surface area contributed by atoms with Crippen LogP contribution in [0.3, 0.4) is 0 Å². The molecule has 1 amide bonds. The zero-order chi connectivity index (χ0) is 23.6. The lowest BCUT2D eigenvalue weighted by Crippen LogP contribution is -2.55. The van der Waals surface area contributed by atoms with Crippen LogP contribution in [-0.2, 0) is 15.0 Å². The maximum absolute atomic E-state index is 14.7. The molecule has 0 saturated carbocycles. The molecule has 12 heteroatoms. The smallest absolute Gasteiger partial charge is 0.283 e. The third kappa shape index (κ3) is 4.55. The number of nitrogens with two attached hydrogens (primary N) is 1. The molecule has 3 heterocycles. The van der Waals surface area contributed by atoms with Crippen molar-refractivity contribution in [2.24, 2.45) is 16.6 Å². The fraction of sp³-hybridized carbons (Fsp3) is 0.429. The minimum absolute atomic E-state index is 0.0269. The van der Waals surface area contributed by atoms with Gasteiger partial charge in [0.2, 0.25) is 12.7 Å². The third-order valence-electron chi connectivity index (χ3n) is 5.73. The van der Waals surface area contributed by atoms with E-state index in [4.69, 9.17) is 26.8 Å². The molecule has 176 valence electrons.